The quantitative estimate of drug-likeness (QED) is 0.579. The van der Waals surface area contributed by atoms with E-state index in [1.54, 1.807) is 42.7 Å². The van der Waals surface area contributed by atoms with Gasteiger partial charge in [0.15, 0.2) is 0 Å². The average molecular weight is 362 g/mol. The Hall–Kier alpha value is -3.48. The number of pyridine rings is 1. The number of nitrogen functional groups attached to an aromatic ring is 1. The van der Waals surface area contributed by atoms with Crippen LogP contribution >= 0.6 is 0 Å². The first kappa shape index (κ1) is 18.3. The van der Waals surface area contributed by atoms with E-state index in [9.17, 15) is 4.79 Å². The minimum Gasteiger partial charge on any atom is -0.399 e. The van der Waals surface area contributed by atoms with Gasteiger partial charge in [0.1, 0.15) is 5.82 Å². The van der Waals surface area contributed by atoms with Crippen molar-refractivity contribution in [2.24, 2.45) is 0 Å². The molecule has 0 saturated heterocycles. The first-order valence-electron chi connectivity index (χ1n) is 8.78. The standard InChI is InChI=1S/C20H22N6O/c1-3-13(2)23-20-24-17(15-7-5-9-22-12-15)11-18(26-20)25-19(27)14-6-4-8-16(21)10-14/h4-13H,3,21H2,1-2H3,(H2,23,24,25,26,27)/t13-/m1/s1. The van der Waals surface area contributed by atoms with Crippen molar-refractivity contribution in [3.63, 3.8) is 0 Å². The maximum absolute atomic E-state index is 12.5. The number of carbonyl (C=O) groups is 1. The van der Waals surface area contributed by atoms with Gasteiger partial charge in [-0.25, -0.2) is 4.98 Å². The van der Waals surface area contributed by atoms with Crippen molar-refractivity contribution in [2.75, 3.05) is 16.4 Å². The lowest BCUT2D eigenvalue weighted by atomic mass is 10.2. The van der Waals surface area contributed by atoms with Crippen molar-refractivity contribution in [1.29, 1.82) is 0 Å². The van der Waals surface area contributed by atoms with Crippen molar-refractivity contribution in [1.82, 2.24) is 15.0 Å². The Balaban J connectivity index is 1.93. The molecule has 2 heterocycles. The molecule has 1 aromatic carbocycles. The molecular weight excluding hydrogens is 340 g/mol. The van der Waals surface area contributed by atoms with Crippen LogP contribution in [0.4, 0.5) is 17.5 Å². The van der Waals surface area contributed by atoms with Gasteiger partial charge in [-0.05, 0) is 43.7 Å². The number of nitrogens with two attached hydrogens (primary N) is 1. The van der Waals surface area contributed by atoms with Crippen LogP contribution in [0.3, 0.4) is 0 Å². The summed E-state index contributed by atoms with van der Waals surface area (Å²) < 4.78 is 0. The Labute approximate surface area is 158 Å². The van der Waals surface area contributed by atoms with Crippen molar-refractivity contribution in [3.05, 3.63) is 60.4 Å². The van der Waals surface area contributed by atoms with Gasteiger partial charge in [0.2, 0.25) is 5.95 Å². The summed E-state index contributed by atoms with van der Waals surface area (Å²) in [7, 11) is 0. The maximum atomic E-state index is 12.5. The molecule has 0 aliphatic carbocycles. The number of aromatic nitrogens is 3. The molecule has 7 nitrogen and oxygen atoms in total. The summed E-state index contributed by atoms with van der Waals surface area (Å²) in [6.45, 7) is 4.12. The largest absolute Gasteiger partial charge is 0.399 e. The summed E-state index contributed by atoms with van der Waals surface area (Å²) in [6, 6.07) is 12.5. The third-order valence-electron chi connectivity index (χ3n) is 4.06. The lowest BCUT2D eigenvalue weighted by Crippen LogP contribution is -2.18. The normalized spacial score (nSPS) is 11.6. The van der Waals surface area contributed by atoms with E-state index in [2.05, 4.69) is 32.5 Å². The molecule has 0 spiro atoms. The lowest BCUT2D eigenvalue weighted by Gasteiger charge is -2.14. The topological polar surface area (TPSA) is 106 Å². The second-order valence-corrected chi connectivity index (χ2v) is 6.24. The third-order valence-corrected chi connectivity index (χ3v) is 4.06. The van der Waals surface area contributed by atoms with E-state index in [1.807, 2.05) is 19.1 Å². The van der Waals surface area contributed by atoms with E-state index in [-0.39, 0.29) is 11.9 Å². The molecule has 0 saturated carbocycles. The summed E-state index contributed by atoms with van der Waals surface area (Å²) in [6.07, 6.45) is 4.34. The van der Waals surface area contributed by atoms with Crippen LogP contribution in [0.1, 0.15) is 30.6 Å². The number of amides is 1. The highest BCUT2D eigenvalue weighted by Crippen LogP contribution is 2.22. The van der Waals surface area contributed by atoms with Gasteiger partial charge >= 0.3 is 0 Å². The van der Waals surface area contributed by atoms with Gasteiger partial charge in [-0.3, -0.25) is 9.78 Å². The number of nitrogens with one attached hydrogen (secondary N) is 2. The van der Waals surface area contributed by atoms with Crippen molar-refractivity contribution >= 4 is 23.4 Å². The Morgan fingerprint density at radius 2 is 2.04 bits per heavy atom. The zero-order valence-corrected chi connectivity index (χ0v) is 15.3. The van der Waals surface area contributed by atoms with Crippen molar-refractivity contribution in [2.45, 2.75) is 26.3 Å². The molecule has 1 atom stereocenters. The molecule has 4 N–H and O–H groups in total. The van der Waals surface area contributed by atoms with Crippen LogP contribution in [-0.2, 0) is 0 Å². The number of anilines is 3. The smallest absolute Gasteiger partial charge is 0.256 e. The van der Waals surface area contributed by atoms with Crippen LogP contribution in [0, 0.1) is 0 Å². The second kappa shape index (κ2) is 8.27. The first-order valence-corrected chi connectivity index (χ1v) is 8.78. The average Bonchev–Trinajstić information content (AvgIpc) is 2.68. The molecule has 7 heteroatoms. The molecule has 0 aliphatic rings. The fraction of sp³-hybridized carbons (Fsp3) is 0.200. The minimum absolute atomic E-state index is 0.201. The first-order chi connectivity index (χ1) is 13.0. The van der Waals surface area contributed by atoms with Gasteiger partial charge < -0.3 is 16.4 Å². The number of benzene rings is 1. The minimum atomic E-state index is -0.285. The molecule has 0 unspecified atom stereocenters. The van der Waals surface area contributed by atoms with E-state index in [1.165, 1.54) is 0 Å². The second-order valence-electron chi connectivity index (χ2n) is 6.24. The number of hydrogen-bond acceptors (Lipinski definition) is 6. The number of rotatable bonds is 6. The van der Waals surface area contributed by atoms with Crippen LogP contribution in [0.25, 0.3) is 11.3 Å². The molecule has 27 heavy (non-hydrogen) atoms. The van der Waals surface area contributed by atoms with E-state index < -0.39 is 0 Å². The maximum Gasteiger partial charge on any atom is 0.256 e. The van der Waals surface area contributed by atoms with E-state index in [0.717, 1.165) is 12.0 Å². The molecule has 3 aromatic rings. The highest BCUT2D eigenvalue weighted by atomic mass is 16.1. The number of carbonyl (C=O) groups excluding carboxylic acids is 1. The zero-order valence-electron chi connectivity index (χ0n) is 15.3. The van der Waals surface area contributed by atoms with Crippen molar-refractivity contribution < 1.29 is 4.79 Å². The Kier molecular flexibility index (Phi) is 5.61. The molecule has 0 radical (unpaired) electrons. The summed E-state index contributed by atoms with van der Waals surface area (Å²) in [5, 5.41) is 6.07. The predicted octanol–water partition coefficient (Wildman–Crippen LogP) is 3.58. The molecule has 2 aromatic heterocycles. The Bertz CT molecular complexity index is 929. The van der Waals surface area contributed by atoms with Gasteiger partial charge in [-0.1, -0.05) is 13.0 Å². The SMILES string of the molecule is CC[C@@H](C)Nc1nc(NC(=O)c2cccc(N)c2)cc(-c2cccnc2)n1. The highest BCUT2D eigenvalue weighted by Gasteiger charge is 2.12. The molecular formula is C20H22N6O. The molecule has 0 fully saturated rings. The van der Waals surface area contributed by atoms with Crippen LogP contribution in [0.2, 0.25) is 0 Å². The molecule has 1 amide bonds. The third kappa shape index (κ3) is 4.78. The Morgan fingerprint density at radius 1 is 1.19 bits per heavy atom. The van der Waals surface area contributed by atoms with Crippen LogP contribution in [-0.4, -0.2) is 26.9 Å². The monoisotopic (exact) mass is 362 g/mol. The summed E-state index contributed by atoms with van der Waals surface area (Å²) in [4.78, 5) is 25.7. The fourth-order valence-corrected chi connectivity index (χ4v) is 2.43. The fourth-order valence-electron chi connectivity index (χ4n) is 2.43. The van der Waals surface area contributed by atoms with E-state index in [4.69, 9.17) is 5.73 Å². The number of nitrogens with zero attached hydrogens (tertiary/aromatic N) is 3. The molecule has 138 valence electrons. The van der Waals surface area contributed by atoms with Crippen LogP contribution in [0.15, 0.2) is 54.9 Å². The van der Waals surface area contributed by atoms with E-state index >= 15 is 0 Å². The highest BCUT2D eigenvalue weighted by molar-refractivity contribution is 6.04. The van der Waals surface area contributed by atoms with Gasteiger partial charge in [-0.15, -0.1) is 0 Å². The lowest BCUT2D eigenvalue weighted by molar-refractivity contribution is 0.102. The van der Waals surface area contributed by atoms with Gasteiger partial charge in [0.25, 0.3) is 5.91 Å². The van der Waals surface area contributed by atoms with Gasteiger partial charge in [0.05, 0.1) is 5.69 Å². The molecule has 0 bridgehead atoms. The van der Waals surface area contributed by atoms with Crippen LogP contribution in [0.5, 0.6) is 0 Å². The summed E-state index contributed by atoms with van der Waals surface area (Å²) >= 11 is 0. The molecule has 3 rings (SSSR count). The zero-order chi connectivity index (χ0) is 19.2. The number of hydrogen-bond donors (Lipinski definition) is 3. The van der Waals surface area contributed by atoms with Gasteiger partial charge in [0, 0.05) is 41.3 Å². The predicted molar refractivity (Wildman–Crippen MR) is 107 cm³/mol. The summed E-state index contributed by atoms with van der Waals surface area (Å²) in [5.74, 6) is 0.572. The van der Waals surface area contributed by atoms with E-state index in [0.29, 0.717) is 28.7 Å². The van der Waals surface area contributed by atoms with Gasteiger partial charge in [-0.2, -0.15) is 4.98 Å². The summed E-state index contributed by atoms with van der Waals surface area (Å²) in [5.41, 5.74) is 8.27. The van der Waals surface area contributed by atoms with Crippen LogP contribution < -0.4 is 16.4 Å². The molecule has 0 aliphatic heterocycles. The Morgan fingerprint density at radius 3 is 2.74 bits per heavy atom. The van der Waals surface area contributed by atoms with Crippen molar-refractivity contribution in [3.8, 4) is 11.3 Å².